The number of nitrogens with one attached hydrogen (secondary N) is 1. The Morgan fingerprint density at radius 3 is 2.69 bits per heavy atom. The molecule has 144 valence electrons. The van der Waals surface area contributed by atoms with E-state index in [1.54, 1.807) is 27.0 Å². The summed E-state index contributed by atoms with van der Waals surface area (Å²) < 4.78 is 10.6. The van der Waals surface area contributed by atoms with Crippen LogP contribution in [0.25, 0.3) is 0 Å². The van der Waals surface area contributed by atoms with E-state index in [-0.39, 0.29) is 12.5 Å². The van der Waals surface area contributed by atoms with Gasteiger partial charge in [0.25, 0.3) is 0 Å². The largest absolute Gasteiger partial charge is 0.444 e. The van der Waals surface area contributed by atoms with E-state index < -0.39 is 11.7 Å². The molecular formula is C18H28N4O4. The minimum atomic E-state index is -0.593. The summed E-state index contributed by atoms with van der Waals surface area (Å²) in [6.07, 6.45) is 1.22. The number of nitrogens with zero attached hydrogens (tertiary/aromatic N) is 3. The fraction of sp³-hybridized carbons (Fsp3) is 0.611. The molecule has 8 heteroatoms. The summed E-state index contributed by atoms with van der Waals surface area (Å²) in [4.78, 5) is 31.9. The molecule has 1 aliphatic heterocycles. The number of morpholine rings is 1. The lowest BCUT2D eigenvalue weighted by atomic mass is 10.2. The molecule has 0 atom stereocenters. The summed E-state index contributed by atoms with van der Waals surface area (Å²) in [5.74, 6) is 0.603. The molecule has 1 aromatic rings. The van der Waals surface area contributed by atoms with E-state index in [0.717, 1.165) is 24.5 Å². The topological polar surface area (TPSA) is 84.0 Å². The van der Waals surface area contributed by atoms with Crippen molar-refractivity contribution in [2.75, 3.05) is 44.8 Å². The van der Waals surface area contributed by atoms with Crippen LogP contribution in [0.4, 0.5) is 10.6 Å². The van der Waals surface area contributed by atoms with Crippen molar-refractivity contribution in [3.05, 3.63) is 23.9 Å². The van der Waals surface area contributed by atoms with Crippen molar-refractivity contribution in [2.24, 2.45) is 0 Å². The Kier molecular flexibility index (Phi) is 6.79. The summed E-state index contributed by atoms with van der Waals surface area (Å²) in [6, 6.07) is 3.79. The van der Waals surface area contributed by atoms with Gasteiger partial charge in [-0.05, 0) is 26.8 Å². The number of aromatic nitrogens is 1. The fourth-order valence-electron chi connectivity index (χ4n) is 2.50. The zero-order valence-corrected chi connectivity index (χ0v) is 15.9. The Morgan fingerprint density at radius 1 is 1.35 bits per heavy atom. The molecule has 1 N–H and O–H groups in total. The Balaban J connectivity index is 1.88. The fourth-order valence-corrected chi connectivity index (χ4v) is 2.50. The average Bonchev–Trinajstić information content (AvgIpc) is 2.59. The summed E-state index contributed by atoms with van der Waals surface area (Å²) >= 11 is 0. The summed E-state index contributed by atoms with van der Waals surface area (Å²) in [5.41, 5.74) is 0.340. The monoisotopic (exact) mass is 364 g/mol. The van der Waals surface area contributed by atoms with Gasteiger partial charge in [0.05, 0.1) is 13.2 Å². The van der Waals surface area contributed by atoms with Gasteiger partial charge in [0.15, 0.2) is 0 Å². The predicted octanol–water partition coefficient (Wildman–Crippen LogP) is 1.40. The number of hydrogen-bond donors (Lipinski definition) is 1. The standard InChI is InChI=1S/C18H28N4O4/c1-18(2,3)26-17(24)21(4)13-15(23)20-12-14-6-5-7-19-16(14)22-8-10-25-11-9-22/h5-7H,8-13H2,1-4H3,(H,20,23). The van der Waals surface area contributed by atoms with E-state index in [4.69, 9.17) is 9.47 Å². The molecule has 0 radical (unpaired) electrons. The molecule has 2 amide bonds. The molecule has 0 aromatic carbocycles. The van der Waals surface area contributed by atoms with Crippen LogP contribution in [0.1, 0.15) is 26.3 Å². The molecular weight excluding hydrogens is 336 g/mol. The van der Waals surface area contributed by atoms with Crippen LogP contribution in [0.15, 0.2) is 18.3 Å². The van der Waals surface area contributed by atoms with Crippen LogP contribution < -0.4 is 10.2 Å². The Morgan fingerprint density at radius 2 is 2.04 bits per heavy atom. The number of ether oxygens (including phenoxy) is 2. The quantitative estimate of drug-likeness (QED) is 0.850. The normalized spacial score (nSPS) is 14.7. The molecule has 0 aliphatic carbocycles. The number of pyridine rings is 1. The summed E-state index contributed by atoms with van der Waals surface area (Å²) in [6.45, 7) is 8.53. The molecule has 8 nitrogen and oxygen atoms in total. The second-order valence-electron chi connectivity index (χ2n) is 7.20. The number of hydrogen-bond acceptors (Lipinski definition) is 6. The highest BCUT2D eigenvalue weighted by Crippen LogP contribution is 2.18. The van der Waals surface area contributed by atoms with Crippen LogP contribution in [0, 0.1) is 0 Å². The van der Waals surface area contributed by atoms with E-state index in [1.807, 2.05) is 12.1 Å². The summed E-state index contributed by atoms with van der Waals surface area (Å²) in [7, 11) is 1.54. The SMILES string of the molecule is CN(CC(=O)NCc1cccnc1N1CCOCC1)C(=O)OC(C)(C)C. The molecule has 0 bridgehead atoms. The van der Waals surface area contributed by atoms with Gasteiger partial charge in [0.2, 0.25) is 5.91 Å². The third-order valence-electron chi connectivity index (χ3n) is 3.74. The molecule has 1 saturated heterocycles. The zero-order chi connectivity index (χ0) is 19.2. The first-order valence-electron chi connectivity index (χ1n) is 8.73. The lowest BCUT2D eigenvalue weighted by Crippen LogP contribution is -2.41. The molecule has 1 aliphatic rings. The number of anilines is 1. The van der Waals surface area contributed by atoms with Crippen LogP contribution in [-0.2, 0) is 20.8 Å². The van der Waals surface area contributed by atoms with Crippen molar-refractivity contribution in [1.29, 1.82) is 0 Å². The maximum Gasteiger partial charge on any atom is 0.410 e. The molecule has 0 saturated carbocycles. The van der Waals surface area contributed by atoms with Crippen molar-refractivity contribution in [1.82, 2.24) is 15.2 Å². The molecule has 0 spiro atoms. The molecule has 1 fully saturated rings. The van der Waals surface area contributed by atoms with Crippen molar-refractivity contribution >= 4 is 17.8 Å². The lowest BCUT2D eigenvalue weighted by molar-refractivity contribution is -0.122. The molecule has 0 unspecified atom stereocenters. The minimum Gasteiger partial charge on any atom is -0.444 e. The molecule has 2 rings (SSSR count). The minimum absolute atomic E-state index is 0.0674. The van der Waals surface area contributed by atoms with E-state index in [9.17, 15) is 9.59 Å². The highest BCUT2D eigenvalue weighted by molar-refractivity contribution is 5.82. The third kappa shape index (κ3) is 6.18. The second kappa shape index (κ2) is 8.84. The number of amides is 2. The van der Waals surface area contributed by atoms with Gasteiger partial charge in [-0.1, -0.05) is 6.07 Å². The first kappa shape index (κ1) is 20.0. The molecule has 26 heavy (non-hydrogen) atoms. The zero-order valence-electron chi connectivity index (χ0n) is 15.9. The van der Waals surface area contributed by atoms with Crippen LogP contribution >= 0.6 is 0 Å². The lowest BCUT2D eigenvalue weighted by Gasteiger charge is -2.29. The van der Waals surface area contributed by atoms with Gasteiger partial charge in [-0.25, -0.2) is 9.78 Å². The first-order chi connectivity index (χ1) is 12.3. The van der Waals surface area contributed by atoms with Gasteiger partial charge in [-0.2, -0.15) is 0 Å². The van der Waals surface area contributed by atoms with E-state index in [0.29, 0.717) is 19.8 Å². The number of rotatable bonds is 5. The van der Waals surface area contributed by atoms with Crippen molar-refractivity contribution < 1.29 is 19.1 Å². The summed E-state index contributed by atoms with van der Waals surface area (Å²) in [5, 5.41) is 2.84. The van der Waals surface area contributed by atoms with Gasteiger partial charge in [0.1, 0.15) is 18.0 Å². The highest BCUT2D eigenvalue weighted by Gasteiger charge is 2.21. The predicted molar refractivity (Wildman–Crippen MR) is 98.0 cm³/mol. The smallest absolute Gasteiger partial charge is 0.410 e. The van der Waals surface area contributed by atoms with Gasteiger partial charge in [-0.15, -0.1) is 0 Å². The number of likely N-dealkylation sites (N-methyl/N-ethyl adjacent to an activating group) is 1. The third-order valence-corrected chi connectivity index (χ3v) is 3.74. The van der Waals surface area contributed by atoms with E-state index >= 15 is 0 Å². The molecule has 1 aromatic heterocycles. The number of carbonyl (C=O) groups is 2. The average molecular weight is 364 g/mol. The van der Waals surface area contributed by atoms with Crippen LogP contribution in [0.3, 0.4) is 0 Å². The highest BCUT2D eigenvalue weighted by atomic mass is 16.6. The molecule has 2 heterocycles. The van der Waals surface area contributed by atoms with Crippen LogP contribution in [0.5, 0.6) is 0 Å². The maximum atomic E-state index is 12.2. The van der Waals surface area contributed by atoms with Gasteiger partial charge < -0.3 is 24.6 Å². The van der Waals surface area contributed by atoms with Crippen molar-refractivity contribution in [2.45, 2.75) is 32.9 Å². The van der Waals surface area contributed by atoms with Gasteiger partial charge in [-0.3, -0.25) is 4.79 Å². The first-order valence-corrected chi connectivity index (χ1v) is 8.73. The maximum absolute atomic E-state index is 12.2. The van der Waals surface area contributed by atoms with Crippen LogP contribution in [0.2, 0.25) is 0 Å². The van der Waals surface area contributed by atoms with E-state index in [1.165, 1.54) is 11.9 Å². The Labute approximate surface area is 154 Å². The van der Waals surface area contributed by atoms with Gasteiger partial charge >= 0.3 is 6.09 Å². The van der Waals surface area contributed by atoms with Crippen LogP contribution in [-0.4, -0.2) is 67.4 Å². The van der Waals surface area contributed by atoms with Gasteiger partial charge in [0, 0.05) is 38.4 Å². The van der Waals surface area contributed by atoms with E-state index in [2.05, 4.69) is 15.2 Å². The Hall–Kier alpha value is -2.35. The Bertz CT molecular complexity index is 624. The van der Waals surface area contributed by atoms with Crippen molar-refractivity contribution in [3.8, 4) is 0 Å². The van der Waals surface area contributed by atoms with Crippen molar-refractivity contribution in [3.63, 3.8) is 0 Å². The second-order valence-corrected chi connectivity index (χ2v) is 7.20. The number of carbonyl (C=O) groups excluding carboxylic acids is 2.